The molecule has 4 aromatic carbocycles. The second kappa shape index (κ2) is 21.9. The van der Waals surface area contributed by atoms with Gasteiger partial charge in [0.15, 0.2) is 12.0 Å². The van der Waals surface area contributed by atoms with Crippen molar-refractivity contribution in [2.24, 2.45) is 11.8 Å². The smallest absolute Gasteiger partial charge is 0.319 e. The lowest BCUT2D eigenvalue weighted by atomic mass is 9.88. The van der Waals surface area contributed by atoms with Gasteiger partial charge in [-0.2, -0.15) is 20.2 Å². The highest BCUT2D eigenvalue weighted by Gasteiger charge is 2.46. The van der Waals surface area contributed by atoms with Crippen molar-refractivity contribution in [2.45, 2.75) is 128 Å². The standard InChI is InChI=1S/C62H68FN13O8/c1-5-75-50(16-18-66-75)38-14-12-37(13-15-38)49(29-77)67-59(79)51-21-41(78)27-74(51)60(80)56(32(2)3)76-28-48(71-72-76)36-8-6-34(7-9-36)30-82-57-54(53-33(4)46(63)23-47-45(53)25-65-70-47)43(35-10-11-35)22-44-55(57)68-62(84-52-31-83-61-42(52)17-19-81-61)69-58(44)73-26-39-20-40(73)24-64-39/h6-9,12-16,18,22-23,25,28,32,35,39-42,49,51-52,56,61,64,77-78H,5,10-11,17,19-21,24,26-27,29-31H2,1-4H3,(H,65,70)(H,67,79)/t39-,40-,41+,42-,49+,51-,52-,56-,61+/m0/s1. The van der Waals surface area contributed by atoms with Crippen LogP contribution in [0.1, 0.15) is 93.1 Å². The van der Waals surface area contributed by atoms with Gasteiger partial charge in [0, 0.05) is 78.3 Å². The van der Waals surface area contributed by atoms with E-state index in [2.05, 4.69) is 47.2 Å². The molecule has 8 aromatic rings. The van der Waals surface area contributed by atoms with Crippen molar-refractivity contribution in [3.05, 3.63) is 113 Å². The lowest BCUT2D eigenvalue weighted by molar-refractivity contribution is -0.142. The number of halogens is 1. The molecule has 21 nitrogen and oxygen atoms in total. The number of amides is 2. The van der Waals surface area contributed by atoms with Gasteiger partial charge in [-0.3, -0.25) is 19.4 Å². The van der Waals surface area contributed by atoms with E-state index < -0.39 is 30.1 Å². The third-order valence-corrected chi connectivity index (χ3v) is 18.0. The number of hydrogen-bond donors (Lipinski definition) is 5. The lowest BCUT2D eigenvalue weighted by Gasteiger charge is -2.30. The number of likely N-dealkylation sites (tertiary alicyclic amines) is 1. The molecule has 6 aliphatic rings. The number of anilines is 1. The molecule has 22 heteroatoms. The minimum Gasteiger partial charge on any atom is -0.486 e. The largest absolute Gasteiger partial charge is 0.486 e. The van der Waals surface area contributed by atoms with Crippen LogP contribution in [0, 0.1) is 24.6 Å². The predicted molar refractivity (Wildman–Crippen MR) is 308 cm³/mol. The van der Waals surface area contributed by atoms with Crippen LogP contribution in [0.5, 0.6) is 11.8 Å². The number of ether oxygens (including phenoxy) is 4. The van der Waals surface area contributed by atoms with E-state index in [0.717, 1.165) is 88.9 Å². The molecule has 2 bridgehead atoms. The molecule has 6 fully saturated rings. The van der Waals surface area contributed by atoms with Gasteiger partial charge >= 0.3 is 6.01 Å². The summed E-state index contributed by atoms with van der Waals surface area (Å²) >= 11 is 0. The Balaban J connectivity index is 0.749. The van der Waals surface area contributed by atoms with Crippen LogP contribution in [0.25, 0.3) is 55.4 Å². The first-order valence-electron chi connectivity index (χ1n) is 29.5. The first-order chi connectivity index (χ1) is 40.9. The number of β-amino-alcohol motifs (C(OH)–C–C–N with tert-alkyl or cyclic N) is 1. The summed E-state index contributed by atoms with van der Waals surface area (Å²) in [5, 5.41) is 50.4. The molecule has 0 radical (unpaired) electrons. The number of carbonyl (C=O) groups is 2. The fourth-order valence-corrected chi connectivity index (χ4v) is 13.5. The van der Waals surface area contributed by atoms with E-state index in [-0.39, 0.29) is 80.1 Å². The molecule has 2 amide bonds. The number of aryl methyl sites for hydroxylation is 1. The van der Waals surface area contributed by atoms with Gasteiger partial charge in [0.25, 0.3) is 0 Å². The third kappa shape index (κ3) is 9.79. The summed E-state index contributed by atoms with van der Waals surface area (Å²) < 4.78 is 45.4. The number of nitrogens with one attached hydrogen (secondary N) is 3. The zero-order valence-electron chi connectivity index (χ0n) is 47.3. The van der Waals surface area contributed by atoms with Gasteiger partial charge in [-0.25, -0.2) is 9.07 Å². The molecule has 9 atom stereocenters. The number of aromatic nitrogens is 9. The number of rotatable bonds is 18. The first-order valence-corrected chi connectivity index (χ1v) is 29.5. The molecule has 1 saturated carbocycles. The quantitative estimate of drug-likeness (QED) is 0.0585. The maximum absolute atomic E-state index is 16.2. The van der Waals surface area contributed by atoms with Gasteiger partial charge in [0.05, 0.1) is 61.5 Å². The van der Waals surface area contributed by atoms with Crippen molar-refractivity contribution in [3.63, 3.8) is 0 Å². The van der Waals surface area contributed by atoms with Crippen LogP contribution < -0.4 is 25.0 Å². The molecule has 5 N–H and O–H groups in total. The molecule has 9 heterocycles. The summed E-state index contributed by atoms with van der Waals surface area (Å²) in [5.74, 6) is 0.0372. The molecule has 5 aliphatic heterocycles. The zero-order chi connectivity index (χ0) is 57.5. The molecule has 84 heavy (non-hydrogen) atoms. The van der Waals surface area contributed by atoms with E-state index in [4.69, 9.17) is 28.9 Å². The zero-order valence-corrected chi connectivity index (χ0v) is 47.3. The van der Waals surface area contributed by atoms with E-state index in [1.54, 1.807) is 25.5 Å². The molecular formula is C62H68FN13O8. The predicted octanol–water partition coefficient (Wildman–Crippen LogP) is 6.92. The molecule has 1 aliphatic carbocycles. The van der Waals surface area contributed by atoms with Crippen molar-refractivity contribution in [3.8, 4) is 45.4 Å². The Kier molecular flexibility index (Phi) is 14.1. The monoisotopic (exact) mass is 1140 g/mol. The van der Waals surface area contributed by atoms with Crippen LogP contribution in [0.4, 0.5) is 10.2 Å². The number of aromatic amines is 1. The van der Waals surface area contributed by atoms with Gasteiger partial charge in [-0.15, -0.1) is 5.10 Å². The van der Waals surface area contributed by atoms with Crippen molar-refractivity contribution in [1.29, 1.82) is 0 Å². The highest BCUT2D eigenvalue weighted by Crippen LogP contribution is 2.54. The van der Waals surface area contributed by atoms with Crippen LogP contribution >= 0.6 is 0 Å². The summed E-state index contributed by atoms with van der Waals surface area (Å²) in [5.41, 5.74) is 8.82. The summed E-state index contributed by atoms with van der Waals surface area (Å²) in [7, 11) is 0. The van der Waals surface area contributed by atoms with E-state index in [0.29, 0.717) is 65.0 Å². The minimum absolute atomic E-state index is 0.0378. The molecular weight excluding hydrogens is 1070 g/mol. The van der Waals surface area contributed by atoms with Gasteiger partial charge in [-0.05, 0) is 97.4 Å². The van der Waals surface area contributed by atoms with Crippen LogP contribution in [-0.4, -0.2) is 148 Å². The summed E-state index contributed by atoms with van der Waals surface area (Å²) in [6.45, 7) is 10.6. The molecule has 436 valence electrons. The number of aliphatic hydroxyl groups excluding tert-OH is 2. The average molecular weight is 1140 g/mol. The molecule has 0 spiro atoms. The number of piperazine rings is 1. The Bertz CT molecular complexity index is 3790. The van der Waals surface area contributed by atoms with Crippen molar-refractivity contribution in [1.82, 2.24) is 60.5 Å². The highest BCUT2D eigenvalue weighted by molar-refractivity contribution is 6.06. The fraction of sp³-hybridized carbons (Fsp3) is 0.452. The number of hydrogen-bond acceptors (Lipinski definition) is 16. The summed E-state index contributed by atoms with van der Waals surface area (Å²) in [6.07, 6.45) is 7.45. The van der Waals surface area contributed by atoms with E-state index in [9.17, 15) is 19.8 Å². The van der Waals surface area contributed by atoms with Gasteiger partial charge in [-0.1, -0.05) is 67.6 Å². The first kappa shape index (κ1) is 54.1. The Labute approximate surface area is 483 Å². The van der Waals surface area contributed by atoms with Gasteiger partial charge in [0.1, 0.15) is 47.6 Å². The third-order valence-electron chi connectivity index (χ3n) is 18.0. The number of aliphatic hydroxyl groups is 2. The normalized spacial score (nSPS) is 23.5. The van der Waals surface area contributed by atoms with Crippen LogP contribution in [0.3, 0.4) is 0 Å². The van der Waals surface area contributed by atoms with Crippen LogP contribution in [0.15, 0.2) is 85.3 Å². The average Bonchev–Trinajstić information content (AvgIpc) is 1.61. The molecule has 0 unspecified atom stereocenters. The van der Waals surface area contributed by atoms with Crippen LogP contribution in [0.2, 0.25) is 0 Å². The Hall–Kier alpha value is -7.89. The summed E-state index contributed by atoms with van der Waals surface area (Å²) in [6, 6.07) is 19.2. The SMILES string of the molecule is CCn1nccc1-c1ccc([C@@H](CO)NC(=O)[C@@H]2C[C@@H](O)CN2C(=O)[C@H](C(C)C)n2cc(-c3ccc(COc4c(-c5c(C)c(F)cc6[nH]ncc56)c(C5CC5)cc5c(N6C[C@@H]7C[C@H]6CN7)nc(O[C@H]6CO[C@H]7OCC[C@H]76)nc45)cc3)nn2)cc1. The maximum Gasteiger partial charge on any atom is 0.319 e. The van der Waals surface area contributed by atoms with Gasteiger partial charge in [0.2, 0.25) is 11.8 Å². The maximum atomic E-state index is 16.2. The van der Waals surface area contributed by atoms with E-state index in [1.807, 2.05) is 80.1 Å². The molecule has 5 saturated heterocycles. The molecule has 4 aromatic heterocycles. The minimum atomic E-state index is -0.988. The second-order valence-electron chi connectivity index (χ2n) is 23.7. The van der Waals surface area contributed by atoms with E-state index in [1.165, 1.54) is 15.6 Å². The topological polar surface area (TPSA) is 245 Å². The fourth-order valence-electron chi connectivity index (χ4n) is 13.5. The molecule has 14 rings (SSSR count). The van der Waals surface area contributed by atoms with Gasteiger partial charge < -0.3 is 49.6 Å². The second-order valence-corrected chi connectivity index (χ2v) is 23.7. The Morgan fingerprint density at radius 2 is 1.79 bits per heavy atom. The summed E-state index contributed by atoms with van der Waals surface area (Å²) in [4.78, 5) is 43.0. The van der Waals surface area contributed by atoms with Crippen molar-refractivity contribution < 1.29 is 43.1 Å². The Morgan fingerprint density at radius 1 is 0.964 bits per heavy atom. The number of nitrogens with zero attached hydrogens (tertiary/aromatic N) is 10. The van der Waals surface area contributed by atoms with Crippen LogP contribution in [-0.2, 0) is 32.2 Å². The number of H-pyrrole nitrogens is 1. The number of fused-ring (bicyclic) bond motifs is 5. The van der Waals surface area contributed by atoms with Crippen molar-refractivity contribution >= 4 is 39.4 Å². The number of benzene rings is 4. The van der Waals surface area contributed by atoms with Crippen molar-refractivity contribution in [2.75, 3.05) is 44.4 Å². The number of carbonyl (C=O) groups excluding carboxylic acids is 2. The highest BCUT2D eigenvalue weighted by atomic mass is 19.1. The van der Waals surface area contributed by atoms with E-state index >= 15 is 4.39 Å². The lowest BCUT2D eigenvalue weighted by Crippen LogP contribution is -2.50. The Morgan fingerprint density at radius 3 is 2.54 bits per heavy atom.